The molecule has 0 unspecified atom stereocenters. The Morgan fingerprint density at radius 1 is 1.08 bits per heavy atom. The van der Waals surface area contributed by atoms with Gasteiger partial charge in [-0.25, -0.2) is 4.79 Å². The molecule has 0 saturated carbocycles. The number of benzene rings is 2. The van der Waals surface area contributed by atoms with Gasteiger partial charge in [0.25, 0.3) is 5.91 Å². The molecule has 6 nitrogen and oxygen atoms in total. The molecule has 0 atom stereocenters. The number of rotatable bonds is 6. The second-order valence-corrected chi connectivity index (χ2v) is 6.03. The Morgan fingerprint density at radius 3 is 2.48 bits per heavy atom. The number of methoxy groups -OCH3 is 2. The van der Waals surface area contributed by atoms with Crippen molar-refractivity contribution in [1.82, 2.24) is 0 Å². The van der Waals surface area contributed by atoms with Crippen molar-refractivity contribution in [2.75, 3.05) is 26.1 Å². The van der Waals surface area contributed by atoms with Crippen LogP contribution < -0.4 is 14.8 Å². The maximum absolute atomic E-state index is 12.1. The number of ether oxygens (including phenoxy) is 3. The summed E-state index contributed by atoms with van der Waals surface area (Å²) in [5.74, 6) is -0.101. The highest BCUT2D eigenvalue weighted by Gasteiger charge is 2.13. The van der Waals surface area contributed by atoms with Gasteiger partial charge in [0.1, 0.15) is 0 Å². The molecular weight excluding hydrogens is 390 g/mol. The first-order chi connectivity index (χ1) is 11.9. The molecule has 132 valence electrons. The van der Waals surface area contributed by atoms with Gasteiger partial charge in [-0.2, -0.15) is 0 Å². The molecule has 2 aromatic carbocycles. The fraction of sp³-hybridized carbons (Fsp3) is 0.222. The van der Waals surface area contributed by atoms with E-state index in [1.54, 1.807) is 6.07 Å². The van der Waals surface area contributed by atoms with E-state index < -0.39 is 5.97 Å². The van der Waals surface area contributed by atoms with E-state index in [0.29, 0.717) is 22.7 Å². The summed E-state index contributed by atoms with van der Waals surface area (Å²) in [6.07, 6.45) is 0. The van der Waals surface area contributed by atoms with Crippen LogP contribution in [0.4, 0.5) is 5.69 Å². The Kier molecular flexibility index (Phi) is 6.41. The molecular formula is C18H18BrNO5. The molecule has 0 aliphatic heterocycles. The van der Waals surface area contributed by atoms with Crippen LogP contribution in [0.5, 0.6) is 11.5 Å². The van der Waals surface area contributed by atoms with Crippen LogP contribution in [0.1, 0.15) is 15.9 Å². The van der Waals surface area contributed by atoms with Crippen LogP contribution in [-0.2, 0) is 9.53 Å². The minimum Gasteiger partial charge on any atom is -0.493 e. The summed E-state index contributed by atoms with van der Waals surface area (Å²) in [5.41, 5.74) is 2.07. The van der Waals surface area contributed by atoms with Crippen molar-refractivity contribution in [2.45, 2.75) is 6.92 Å². The molecule has 25 heavy (non-hydrogen) atoms. The highest BCUT2D eigenvalue weighted by molar-refractivity contribution is 9.10. The second-order valence-electron chi connectivity index (χ2n) is 5.18. The summed E-state index contributed by atoms with van der Waals surface area (Å²) >= 11 is 3.40. The first kappa shape index (κ1) is 18.8. The number of halogens is 1. The topological polar surface area (TPSA) is 73.9 Å². The van der Waals surface area contributed by atoms with Gasteiger partial charge in [0.05, 0.1) is 25.5 Å². The zero-order valence-corrected chi connectivity index (χ0v) is 15.7. The van der Waals surface area contributed by atoms with Crippen molar-refractivity contribution in [3.05, 3.63) is 52.0 Å². The lowest BCUT2D eigenvalue weighted by molar-refractivity contribution is -0.118. The minimum absolute atomic E-state index is 0.200. The molecule has 0 spiro atoms. The molecule has 2 aromatic rings. The Bertz CT molecular complexity index is 791. The maximum atomic E-state index is 12.1. The van der Waals surface area contributed by atoms with Gasteiger partial charge in [0, 0.05) is 4.47 Å². The third kappa shape index (κ3) is 4.96. The third-order valence-corrected chi connectivity index (χ3v) is 4.00. The fourth-order valence-corrected chi connectivity index (χ4v) is 2.68. The lowest BCUT2D eigenvalue weighted by atomic mass is 10.2. The predicted octanol–water partition coefficient (Wildman–Crippen LogP) is 3.57. The van der Waals surface area contributed by atoms with Crippen LogP contribution in [-0.4, -0.2) is 32.7 Å². The van der Waals surface area contributed by atoms with Crippen LogP contribution in [0.25, 0.3) is 0 Å². The zero-order valence-electron chi connectivity index (χ0n) is 14.1. The van der Waals surface area contributed by atoms with E-state index in [0.717, 1.165) is 10.0 Å². The normalized spacial score (nSPS) is 10.1. The van der Waals surface area contributed by atoms with E-state index in [1.165, 1.54) is 26.4 Å². The number of amides is 1. The van der Waals surface area contributed by atoms with Gasteiger partial charge in [0.15, 0.2) is 18.1 Å². The first-order valence-corrected chi connectivity index (χ1v) is 8.19. The van der Waals surface area contributed by atoms with Crippen molar-refractivity contribution in [3.63, 3.8) is 0 Å². The van der Waals surface area contributed by atoms with Gasteiger partial charge in [-0.05, 0) is 58.7 Å². The Balaban J connectivity index is 2.02. The molecule has 7 heteroatoms. The number of carbonyl (C=O) groups excluding carboxylic acids is 2. The van der Waals surface area contributed by atoms with Crippen molar-refractivity contribution in [2.24, 2.45) is 0 Å². The number of esters is 1. The molecule has 0 saturated heterocycles. The lowest BCUT2D eigenvalue weighted by Crippen LogP contribution is -2.20. The van der Waals surface area contributed by atoms with Crippen LogP contribution in [0.3, 0.4) is 0 Å². The van der Waals surface area contributed by atoms with E-state index in [-0.39, 0.29) is 12.5 Å². The molecule has 0 aromatic heterocycles. The number of nitrogens with one attached hydrogen (secondary N) is 1. The van der Waals surface area contributed by atoms with Gasteiger partial charge >= 0.3 is 5.97 Å². The summed E-state index contributed by atoms with van der Waals surface area (Å²) in [5, 5.41) is 2.76. The van der Waals surface area contributed by atoms with Crippen LogP contribution >= 0.6 is 15.9 Å². The number of hydrogen-bond acceptors (Lipinski definition) is 5. The van der Waals surface area contributed by atoms with E-state index in [4.69, 9.17) is 9.47 Å². The zero-order chi connectivity index (χ0) is 18.4. The van der Waals surface area contributed by atoms with E-state index >= 15 is 0 Å². The fourth-order valence-electron chi connectivity index (χ4n) is 2.08. The van der Waals surface area contributed by atoms with Crippen molar-refractivity contribution < 1.29 is 23.8 Å². The largest absolute Gasteiger partial charge is 0.493 e. The van der Waals surface area contributed by atoms with Crippen molar-refractivity contribution in [1.29, 1.82) is 0 Å². The molecule has 0 heterocycles. The molecule has 0 radical (unpaired) electrons. The van der Waals surface area contributed by atoms with Crippen LogP contribution in [0.15, 0.2) is 40.9 Å². The second kappa shape index (κ2) is 8.53. The summed E-state index contributed by atoms with van der Waals surface area (Å²) < 4.78 is 16.1. The smallest absolute Gasteiger partial charge is 0.337 e. The molecule has 2 rings (SSSR count). The van der Waals surface area contributed by atoms with Gasteiger partial charge < -0.3 is 19.5 Å². The maximum Gasteiger partial charge on any atom is 0.337 e. The molecule has 1 N–H and O–H groups in total. The van der Waals surface area contributed by atoms with Crippen LogP contribution in [0.2, 0.25) is 0 Å². The lowest BCUT2D eigenvalue weighted by Gasteiger charge is -2.12. The molecule has 0 bridgehead atoms. The average molecular weight is 408 g/mol. The van der Waals surface area contributed by atoms with Crippen LogP contribution in [0, 0.1) is 6.92 Å². The molecule has 1 amide bonds. The van der Waals surface area contributed by atoms with Crippen molar-refractivity contribution in [3.8, 4) is 11.5 Å². The Morgan fingerprint density at radius 2 is 1.84 bits per heavy atom. The number of aryl methyl sites for hydroxylation is 1. The molecule has 0 fully saturated rings. The monoisotopic (exact) mass is 407 g/mol. The summed E-state index contributed by atoms with van der Waals surface area (Å²) in [6.45, 7) is 1.76. The summed E-state index contributed by atoms with van der Waals surface area (Å²) in [7, 11) is 2.75. The molecule has 0 aliphatic carbocycles. The summed E-state index contributed by atoms with van der Waals surface area (Å²) in [6, 6.07) is 10.2. The Hall–Kier alpha value is -2.54. The predicted molar refractivity (Wildman–Crippen MR) is 97.3 cm³/mol. The van der Waals surface area contributed by atoms with Crippen molar-refractivity contribution >= 4 is 33.5 Å². The van der Waals surface area contributed by atoms with E-state index in [1.807, 2.05) is 25.1 Å². The standard InChI is InChI=1S/C18H18BrNO5/c1-11-4-6-14(13(19)8-11)20-17(21)10-25-15-7-5-12(18(22)24-3)9-16(15)23-2/h4-9H,10H2,1-3H3,(H,20,21). The highest BCUT2D eigenvalue weighted by Crippen LogP contribution is 2.28. The summed E-state index contributed by atoms with van der Waals surface area (Å²) in [4.78, 5) is 23.6. The van der Waals surface area contributed by atoms with Gasteiger partial charge in [0.2, 0.25) is 0 Å². The number of carbonyl (C=O) groups is 2. The van der Waals surface area contributed by atoms with Gasteiger partial charge in [-0.15, -0.1) is 0 Å². The van der Waals surface area contributed by atoms with Gasteiger partial charge in [-0.3, -0.25) is 4.79 Å². The Labute approximate surface area is 154 Å². The minimum atomic E-state index is -0.480. The number of hydrogen-bond donors (Lipinski definition) is 1. The quantitative estimate of drug-likeness (QED) is 0.740. The SMILES string of the molecule is COC(=O)c1ccc(OCC(=O)Nc2ccc(C)cc2Br)c(OC)c1. The average Bonchev–Trinajstić information content (AvgIpc) is 2.61. The van der Waals surface area contributed by atoms with E-state index in [9.17, 15) is 9.59 Å². The van der Waals surface area contributed by atoms with E-state index in [2.05, 4.69) is 26.0 Å². The molecule has 0 aliphatic rings. The highest BCUT2D eigenvalue weighted by atomic mass is 79.9. The first-order valence-electron chi connectivity index (χ1n) is 7.39. The third-order valence-electron chi connectivity index (χ3n) is 3.34. The number of anilines is 1. The van der Waals surface area contributed by atoms with Gasteiger partial charge in [-0.1, -0.05) is 6.07 Å².